The first-order chi connectivity index (χ1) is 6.34. The minimum atomic E-state index is 0.856. The summed E-state index contributed by atoms with van der Waals surface area (Å²) in [6.45, 7) is 3.94. The average Bonchev–Trinajstić information content (AvgIpc) is 2.52. The fourth-order valence-electron chi connectivity index (χ4n) is 1.01. The molecule has 3 heteroatoms. The van der Waals surface area contributed by atoms with Gasteiger partial charge in [0.2, 0.25) is 0 Å². The Labute approximate surface area is 83.4 Å². The smallest absolute Gasteiger partial charge is 0.0798 e. The Bertz CT molecular complexity index is 285. The summed E-state index contributed by atoms with van der Waals surface area (Å²) in [5.74, 6) is 2.62. The van der Waals surface area contributed by atoms with E-state index in [2.05, 4.69) is 16.2 Å². The number of nitrogens with zero attached hydrogens (tertiary/aromatic N) is 1. The molecule has 0 aliphatic heterocycles. The number of hydrogen-bond donors (Lipinski definition) is 1. The predicted molar refractivity (Wildman–Crippen MR) is 56.6 cm³/mol. The maximum absolute atomic E-state index is 5.14. The van der Waals surface area contributed by atoms with Crippen LogP contribution in [0.4, 0.5) is 0 Å². The van der Waals surface area contributed by atoms with Crippen LogP contribution in [0.15, 0.2) is 5.51 Å². The maximum atomic E-state index is 5.14. The molecule has 0 atom stereocenters. The summed E-state index contributed by atoms with van der Waals surface area (Å²) >= 11 is 1.70. The fraction of sp³-hybridized carbons (Fsp3) is 0.500. The Balaban J connectivity index is 2.14. The fourth-order valence-corrected chi connectivity index (χ4v) is 1.76. The van der Waals surface area contributed by atoms with Crippen LogP contribution >= 0.6 is 11.3 Å². The van der Waals surface area contributed by atoms with Crippen molar-refractivity contribution in [2.45, 2.75) is 26.3 Å². The molecule has 0 aromatic carbocycles. The zero-order valence-corrected chi connectivity index (χ0v) is 8.66. The van der Waals surface area contributed by atoms with Crippen molar-refractivity contribution < 1.29 is 0 Å². The zero-order valence-electron chi connectivity index (χ0n) is 7.84. The first kappa shape index (κ1) is 10.2. The summed E-state index contributed by atoms with van der Waals surface area (Å²) in [5.41, 5.74) is 3.02. The molecule has 2 nitrogen and oxygen atoms in total. The molecule has 0 aliphatic carbocycles. The summed E-state index contributed by atoms with van der Waals surface area (Å²) in [7, 11) is 0. The van der Waals surface area contributed by atoms with Crippen LogP contribution in [0.3, 0.4) is 0 Å². The summed E-state index contributed by atoms with van der Waals surface area (Å²) in [6, 6.07) is 0. The van der Waals surface area contributed by atoms with Gasteiger partial charge in [0.25, 0.3) is 0 Å². The molecular weight excluding hydrogens is 180 g/mol. The summed E-state index contributed by atoms with van der Waals surface area (Å²) in [5, 5.41) is 3.34. The van der Waals surface area contributed by atoms with E-state index >= 15 is 0 Å². The molecule has 1 aromatic heterocycles. The van der Waals surface area contributed by atoms with Crippen molar-refractivity contribution in [1.29, 1.82) is 0 Å². The van der Waals surface area contributed by atoms with Crippen molar-refractivity contribution in [3.05, 3.63) is 16.1 Å². The van der Waals surface area contributed by atoms with Crippen LogP contribution in [-0.4, -0.2) is 11.5 Å². The molecule has 1 aromatic rings. The zero-order chi connectivity index (χ0) is 9.52. The van der Waals surface area contributed by atoms with Crippen molar-refractivity contribution in [2.75, 3.05) is 6.54 Å². The highest BCUT2D eigenvalue weighted by molar-refractivity contribution is 7.09. The number of aromatic nitrogens is 1. The topological polar surface area (TPSA) is 24.9 Å². The number of rotatable bonds is 5. The van der Waals surface area contributed by atoms with Crippen LogP contribution in [0.5, 0.6) is 0 Å². The van der Waals surface area contributed by atoms with Gasteiger partial charge in [-0.3, -0.25) is 0 Å². The van der Waals surface area contributed by atoms with Gasteiger partial charge in [-0.15, -0.1) is 23.7 Å². The number of nitrogens with one attached hydrogen (secondary N) is 1. The van der Waals surface area contributed by atoms with E-state index in [9.17, 15) is 0 Å². The number of hydrogen-bond acceptors (Lipinski definition) is 3. The lowest BCUT2D eigenvalue weighted by atomic mass is 10.3. The lowest BCUT2D eigenvalue weighted by molar-refractivity contribution is 0.662. The standard InChI is InChI=1S/C10H14N2S/c1-3-4-5-6-11-7-10-9(2)12-8-13-10/h1,8,11H,4-7H2,2H3. The number of terminal acetylenes is 1. The van der Waals surface area contributed by atoms with E-state index in [0.29, 0.717) is 0 Å². The average molecular weight is 194 g/mol. The summed E-state index contributed by atoms with van der Waals surface area (Å²) in [4.78, 5) is 5.50. The molecule has 0 bridgehead atoms. The molecule has 0 saturated heterocycles. The van der Waals surface area contributed by atoms with E-state index in [1.165, 1.54) is 4.88 Å². The Morgan fingerprint density at radius 1 is 1.69 bits per heavy atom. The van der Waals surface area contributed by atoms with E-state index in [1.807, 2.05) is 12.4 Å². The van der Waals surface area contributed by atoms with Crippen LogP contribution in [0.2, 0.25) is 0 Å². The van der Waals surface area contributed by atoms with Gasteiger partial charge < -0.3 is 5.32 Å². The lowest BCUT2D eigenvalue weighted by Crippen LogP contribution is -2.14. The van der Waals surface area contributed by atoms with Gasteiger partial charge in [0.05, 0.1) is 11.2 Å². The Morgan fingerprint density at radius 2 is 2.54 bits per heavy atom. The van der Waals surface area contributed by atoms with Gasteiger partial charge in [-0.2, -0.15) is 0 Å². The third kappa shape index (κ3) is 3.58. The van der Waals surface area contributed by atoms with Gasteiger partial charge in [0, 0.05) is 17.8 Å². The van der Waals surface area contributed by atoms with Crippen molar-refractivity contribution in [1.82, 2.24) is 10.3 Å². The SMILES string of the molecule is C#CCCCNCc1scnc1C. The van der Waals surface area contributed by atoms with Crippen molar-refractivity contribution in [3.8, 4) is 12.3 Å². The van der Waals surface area contributed by atoms with E-state index < -0.39 is 0 Å². The van der Waals surface area contributed by atoms with Crippen LogP contribution < -0.4 is 5.32 Å². The molecule has 1 rings (SSSR count). The molecule has 0 saturated carbocycles. The molecule has 13 heavy (non-hydrogen) atoms. The molecular formula is C10H14N2S. The van der Waals surface area contributed by atoms with Crippen LogP contribution in [0, 0.1) is 19.3 Å². The number of unbranched alkanes of at least 4 members (excludes halogenated alkanes) is 1. The second-order valence-corrected chi connectivity index (χ2v) is 3.78. The molecule has 0 unspecified atom stereocenters. The summed E-state index contributed by atoms with van der Waals surface area (Å²) in [6.07, 6.45) is 7.05. The summed E-state index contributed by atoms with van der Waals surface area (Å²) < 4.78 is 0. The number of thiazole rings is 1. The van der Waals surface area contributed by atoms with Crippen LogP contribution in [-0.2, 0) is 6.54 Å². The largest absolute Gasteiger partial charge is 0.312 e. The van der Waals surface area contributed by atoms with Crippen LogP contribution in [0.25, 0.3) is 0 Å². The van der Waals surface area contributed by atoms with Crippen molar-refractivity contribution in [2.24, 2.45) is 0 Å². The Hall–Kier alpha value is -0.850. The molecule has 0 amide bonds. The first-order valence-electron chi connectivity index (χ1n) is 4.37. The van der Waals surface area contributed by atoms with Crippen molar-refractivity contribution in [3.63, 3.8) is 0 Å². The van der Waals surface area contributed by atoms with E-state index in [1.54, 1.807) is 11.3 Å². The monoisotopic (exact) mass is 194 g/mol. The predicted octanol–water partition coefficient (Wildman–Crippen LogP) is 1.95. The first-order valence-corrected chi connectivity index (χ1v) is 5.25. The molecule has 0 spiro atoms. The highest BCUT2D eigenvalue weighted by atomic mass is 32.1. The normalized spacial score (nSPS) is 9.85. The van der Waals surface area contributed by atoms with Gasteiger partial charge in [-0.1, -0.05) is 0 Å². The number of aryl methyl sites for hydroxylation is 1. The van der Waals surface area contributed by atoms with Gasteiger partial charge in [0.1, 0.15) is 0 Å². The van der Waals surface area contributed by atoms with E-state index in [-0.39, 0.29) is 0 Å². The Kier molecular flexibility index (Phi) is 4.52. The second-order valence-electron chi connectivity index (χ2n) is 2.85. The molecule has 1 heterocycles. The van der Waals surface area contributed by atoms with Gasteiger partial charge >= 0.3 is 0 Å². The van der Waals surface area contributed by atoms with Crippen molar-refractivity contribution >= 4 is 11.3 Å². The molecule has 0 radical (unpaired) electrons. The molecule has 0 aliphatic rings. The van der Waals surface area contributed by atoms with E-state index in [0.717, 1.165) is 31.6 Å². The minimum absolute atomic E-state index is 0.856. The maximum Gasteiger partial charge on any atom is 0.0798 e. The quantitative estimate of drug-likeness (QED) is 0.572. The third-order valence-corrected chi connectivity index (χ3v) is 2.74. The molecule has 70 valence electrons. The Morgan fingerprint density at radius 3 is 3.15 bits per heavy atom. The van der Waals surface area contributed by atoms with E-state index in [4.69, 9.17) is 6.42 Å². The van der Waals surface area contributed by atoms with Gasteiger partial charge in [-0.05, 0) is 19.9 Å². The lowest BCUT2D eigenvalue weighted by Gasteiger charge is -2.00. The second kappa shape index (κ2) is 5.74. The highest BCUT2D eigenvalue weighted by Gasteiger charge is 1.98. The molecule has 0 fully saturated rings. The minimum Gasteiger partial charge on any atom is -0.312 e. The third-order valence-electron chi connectivity index (χ3n) is 1.81. The highest BCUT2D eigenvalue weighted by Crippen LogP contribution is 2.10. The van der Waals surface area contributed by atoms with Gasteiger partial charge in [-0.25, -0.2) is 4.98 Å². The molecule has 1 N–H and O–H groups in total. The van der Waals surface area contributed by atoms with Gasteiger partial charge in [0.15, 0.2) is 0 Å². The van der Waals surface area contributed by atoms with Crippen LogP contribution in [0.1, 0.15) is 23.4 Å².